The summed E-state index contributed by atoms with van der Waals surface area (Å²) in [5, 5.41) is 6.26. The molecule has 0 aromatic carbocycles. The van der Waals surface area contributed by atoms with Gasteiger partial charge in [-0.15, -0.1) is 0 Å². The average Bonchev–Trinajstić information content (AvgIpc) is 2.72. The molecular formula is C12H23N3O2. The average molecular weight is 241 g/mol. The van der Waals surface area contributed by atoms with E-state index >= 15 is 0 Å². The Bertz CT molecular complexity index is 272. The summed E-state index contributed by atoms with van der Waals surface area (Å²) in [4.78, 5) is 14.2. The van der Waals surface area contributed by atoms with E-state index < -0.39 is 0 Å². The number of nitrogens with one attached hydrogen (secondary N) is 2. The van der Waals surface area contributed by atoms with E-state index in [0.29, 0.717) is 12.5 Å². The van der Waals surface area contributed by atoms with Gasteiger partial charge in [-0.1, -0.05) is 6.92 Å². The number of rotatable bonds is 3. The van der Waals surface area contributed by atoms with E-state index in [-0.39, 0.29) is 17.9 Å². The van der Waals surface area contributed by atoms with E-state index in [0.717, 1.165) is 32.8 Å². The maximum atomic E-state index is 12.0. The third kappa shape index (κ3) is 3.40. The zero-order valence-corrected chi connectivity index (χ0v) is 10.7. The zero-order valence-electron chi connectivity index (χ0n) is 10.7. The molecule has 3 atom stereocenters. The fraction of sp³-hybridized carbons (Fsp3) is 0.917. The maximum absolute atomic E-state index is 12.0. The molecule has 2 rings (SSSR count). The van der Waals surface area contributed by atoms with Crippen LogP contribution in [0.3, 0.4) is 0 Å². The highest BCUT2D eigenvalue weighted by Crippen LogP contribution is 2.15. The predicted molar refractivity (Wildman–Crippen MR) is 65.8 cm³/mol. The lowest BCUT2D eigenvalue weighted by Gasteiger charge is -2.30. The van der Waals surface area contributed by atoms with Crippen molar-refractivity contribution in [2.24, 2.45) is 11.8 Å². The first-order valence-electron chi connectivity index (χ1n) is 6.45. The molecule has 2 aliphatic heterocycles. The number of ether oxygens (including phenoxy) is 1. The third-order valence-corrected chi connectivity index (χ3v) is 3.70. The van der Waals surface area contributed by atoms with Gasteiger partial charge in [-0.2, -0.15) is 0 Å². The van der Waals surface area contributed by atoms with Gasteiger partial charge in [0.2, 0.25) is 5.91 Å². The molecule has 0 aliphatic carbocycles. The van der Waals surface area contributed by atoms with Crippen molar-refractivity contribution in [1.29, 1.82) is 0 Å². The van der Waals surface area contributed by atoms with Gasteiger partial charge in [-0.05, 0) is 19.5 Å². The molecule has 2 fully saturated rings. The van der Waals surface area contributed by atoms with Crippen LogP contribution in [0.1, 0.15) is 6.92 Å². The number of morpholine rings is 1. The van der Waals surface area contributed by atoms with Crippen molar-refractivity contribution in [3.63, 3.8) is 0 Å². The first-order chi connectivity index (χ1) is 8.16. The van der Waals surface area contributed by atoms with Crippen molar-refractivity contribution in [3.8, 4) is 0 Å². The normalized spacial score (nSPS) is 34.8. The highest BCUT2D eigenvalue weighted by Gasteiger charge is 2.30. The van der Waals surface area contributed by atoms with Crippen LogP contribution in [-0.4, -0.2) is 63.3 Å². The monoisotopic (exact) mass is 241 g/mol. The number of nitrogens with zero attached hydrogens (tertiary/aromatic N) is 1. The molecule has 17 heavy (non-hydrogen) atoms. The minimum absolute atomic E-state index is 0.122. The molecule has 5 heteroatoms. The highest BCUT2D eigenvalue weighted by atomic mass is 16.5. The fourth-order valence-corrected chi connectivity index (χ4v) is 2.50. The van der Waals surface area contributed by atoms with Crippen LogP contribution < -0.4 is 10.6 Å². The molecule has 2 N–H and O–H groups in total. The van der Waals surface area contributed by atoms with Gasteiger partial charge in [-0.25, -0.2) is 0 Å². The standard InChI is InChI=1S/C12H23N3O2/c1-9-5-13-7-11(9)12(16)14-6-10-8-15(2)3-4-17-10/h9-11,13H,3-8H2,1-2H3,(H,14,16). The molecule has 2 aliphatic rings. The van der Waals surface area contributed by atoms with Crippen LogP contribution in [0.4, 0.5) is 0 Å². The van der Waals surface area contributed by atoms with Gasteiger partial charge in [-0.3, -0.25) is 4.79 Å². The zero-order chi connectivity index (χ0) is 12.3. The Hall–Kier alpha value is -0.650. The summed E-state index contributed by atoms with van der Waals surface area (Å²) >= 11 is 0. The SMILES string of the molecule is CC1CNCC1C(=O)NCC1CN(C)CCO1. The molecular weight excluding hydrogens is 218 g/mol. The van der Waals surface area contributed by atoms with Crippen LogP contribution in [0.5, 0.6) is 0 Å². The van der Waals surface area contributed by atoms with E-state index in [1.54, 1.807) is 0 Å². The Morgan fingerprint density at radius 2 is 2.35 bits per heavy atom. The molecule has 2 saturated heterocycles. The van der Waals surface area contributed by atoms with Gasteiger partial charge in [0.1, 0.15) is 0 Å². The van der Waals surface area contributed by atoms with E-state index in [4.69, 9.17) is 4.74 Å². The van der Waals surface area contributed by atoms with Crippen LogP contribution in [0.25, 0.3) is 0 Å². The van der Waals surface area contributed by atoms with Gasteiger partial charge in [0, 0.05) is 26.2 Å². The van der Waals surface area contributed by atoms with Gasteiger partial charge >= 0.3 is 0 Å². The van der Waals surface area contributed by atoms with Crippen molar-refractivity contribution in [1.82, 2.24) is 15.5 Å². The molecule has 0 aromatic rings. The largest absolute Gasteiger partial charge is 0.374 e. The number of amides is 1. The van der Waals surface area contributed by atoms with Crippen molar-refractivity contribution < 1.29 is 9.53 Å². The molecule has 1 amide bonds. The highest BCUT2D eigenvalue weighted by molar-refractivity contribution is 5.79. The topological polar surface area (TPSA) is 53.6 Å². The molecule has 5 nitrogen and oxygen atoms in total. The summed E-state index contributed by atoms with van der Waals surface area (Å²) in [5.74, 6) is 0.723. The molecule has 0 aromatic heterocycles. The van der Waals surface area contributed by atoms with Crippen LogP contribution in [0.2, 0.25) is 0 Å². The molecule has 0 radical (unpaired) electrons. The first kappa shape index (κ1) is 12.8. The minimum atomic E-state index is 0.122. The summed E-state index contributed by atoms with van der Waals surface area (Å²) < 4.78 is 5.62. The van der Waals surface area contributed by atoms with Crippen molar-refractivity contribution in [3.05, 3.63) is 0 Å². The van der Waals surface area contributed by atoms with Crippen LogP contribution in [-0.2, 0) is 9.53 Å². The Morgan fingerprint density at radius 3 is 3.00 bits per heavy atom. The van der Waals surface area contributed by atoms with E-state index in [9.17, 15) is 4.79 Å². The summed E-state index contributed by atoms with van der Waals surface area (Å²) in [6.07, 6.45) is 0.141. The molecule has 0 bridgehead atoms. The summed E-state index contributed by atoms with van der Waals surface area (Å²) in [5.41, 5.74) is 0. The lowest BCUT2D eigenvalue weighted by molar-refractivity contribution is -0.126. The van der Waals surface area contributed by atoms with Crippen molar-refractivity contribution in [2.45, 2.75) is 13.0 Å². The quantitative estimate of drug-likeness (QED) is 0.685. The lowest BCUT2D eigenvalue weighted by Crippen LogP contribution is -2.47. The van der Waals surface area contributed by atoms with Gasteiger partial charge in [0.25, 0.3) is 0 Å². The molecule has 3 unspecified atom stereocenters. The second-order valence-electron chi connectivity index (χ2n) is 5.24. The van der Waals surface area contributed by atoms with Crippen LogP contribution in [0, 0.1) is 11.8 Å². The predicted octanol–water partition coefficient (Wildman–Crippen LogP) is -0.711. The number of carbonyl (C=O) groups excluding carboxylic acids is 1. The molecule has 0 saturated carbocycles. The maximum Gasteiger partial charge on any atom is 0.224 e. The van der Waals surface area contributed by atoms with Gasteiger partial charge < -0.3 is 20.3 Å². The number of hydrogen-bond donors (Lipinski definition) is 2. The van der Waals surface area contributed by atoms with Crippen molar-refractivity contribution in [2.75, 3.05) is 46.4 Å². The fourth-order valence-electron chi connectivity index (χ4n) is 2.50. The summed E-state index contributed by atoms with van der Waals surface area (Å²) in [6, 6.07) is 0. The Labute approximate surface area is 103 Å². The van der Waals surface area contributed by atoms with Crippen LogP contribution in [0.15, 0.2) is 0 Å². The lowest BCUT2D eigenvalue weighted by atomic mass is 9.97. The summed E-state index contributed by atoms with van der Waals surface area (Å²) in [6.45, 7) is 7.14. The van der Waals surface area contributed by atoms with Gasteiger partial charge in [0.05, 0.1) is 18.6 Å². The van der Waals surface area contributed by atoms with E-state index in [1.807, 2.05) is 0 Å². The summed E-state index contributed by atoms with van der Waals surface area (Å²) in [7, 11) is 2.08. The second-order valence-corrected chi connectivity index (χ2v) is 5.24. The molecule has 0 spiro atoms. The number of carbonyl (C=O) groups is 1. The van der Waals surface area contributed by atoms with E-state index in [2.05, 4.69) is 29.5 Å². The number of hydrogen-bond acceptors (Lipinski definition) is 4. The number of likely N-dealkylation sites (N-methyl/N-ethyl adjacent to an activating group) is 1. The Kier molecular flexibility index (Phi) is 4.36. The Balaban J connectivity index is 1.72. The smallest absolute Gasteiger partial charge is 0.224 e. The van der Waals surface area contributed by atoms with Gasteiger partial charge in [0.15, 0.2) is 0 Å². The molecule has 2 heterocycles. The second kappa shape index (κ2) is 5.80. The Morgan fingerprint density at radius 1 is 1.53 bits per heavy atom. The third-order valence-electron chi connectivity index (χ3n) is 3.70. The minimum Gasteiger partial charge on any atom is -0.374 e. The van der Waals surface area contributed by atoms with E-state index in [1.165, 1.54) is 0 Å². The van der Waals surface area contributed by atoms with Crippen LogP contribution >= 0.6 is 0 Å². The van der Waals surface area contributed by atoms with Crippen molar-refractivity contribution >= 4 is 5.91 Å². The first-order valence-corrected chi connectivity index (χ1v) is 6.45. The molecule has 98 valence electrons.